The van der Waals surface area contributed by atoms with Gasteiger partial charge in [0.1, 0.15) is 5.69 Å². The highest BCUT2D eigenvalue weighted by atomic mass is 16.2. The van der Waals surface area contributed by atoms with Crippen molar-refractivity contribution in [3.05, 3.63) is 53.9 Å². The highest BCUT2D eigenvalue weighted by molar-refractivity contribution is 6.05. The number of hydrogen-bond donors (Lipinski definition) is 2. The Labute approximate surface area is 164 Å². The lowest BCUT2D eigenvalue weighted by molar-refractivity contribution is -0.114. The summed E-state index contributed by atoms with van der Waals surface area (Å²) < 4.78 is 0. The fraction of sp³-hybridized carbons (Fsp3) is 0.333. The smallest absolute Gasteiger partial charge is 0.272 e. The van der Waals surface area contributed by atoms with E-state index in [0.29, 0.717) is 22.9 Å². The maximum atomic E-state index is 12.7. The summed E-state index contributed by atoms with van der Waals surface area (Å²) >= 11 is 0. The minimum Gasteiger partial charge on any atom is -0.337 e. The SMILES string of the molecule is CC(=O)Nc1ccc(NC(=O)c2ccnc(C(=O)N3CCCC(C)C3)c2)cc1. The lowest BCUT2D eigenvalue weighted by Crippen LogP contribution is -2.39. The van der Waals surface area contributed by atoms with Crippen molar-refractivity contribution >= 4 is 29.1 Å². The second kappa shape index (κ2) is 8.65. The first-order valence-corrected chi connectivity index (χ1v) is 9.36. The van der Waals surface area contributed by atoms with Gasteiger partial charge in [0.25, 0.3) is 11.8 Å². The minimum atomic E-state index is -0.323. The highest BCUT2D eigenvalue weighted by Gasteiger charge is 2.23. The number of rotatable bonds is 4. The van der Waals surface area contributed by atoms with Gasteiger partial charge in [0.05, 0.1) is 0 Å². The van der Waals surface area contributed by atoms with Gasteiger partial charge in [-0.05, 0) is 55.2 Å². The molecule has 1 atom stereocenters. The molecule has 7 nitrogen and oxygen atoms in total. The van der Waals surface area contributed by atoms with Crippen LogP contribution in [0.25, 0.3) is 0 Å². The summed E-state index contributed by atoms with van der Waals surface area (Å²) in [6.07, 6.45) is 3.59. The summed E-state index contributed by atoms with van der Waals surface area (Å²) in [6.45, 7) is 5.01. The molecule has 146 valence electrons. The fourth-order valence-corrected chi connectivity index (χ4v) is 3.27. The second-order valence-electron chi connectivity index (χ2n) is 7.14. The Kier molecular flexibility index (Phi) is 6.03. The number of pyridine rings is 1. The van der Waals surface area contributed by atoms with Crippen molar-refractivity contribution in [2.24, 2.45) is 5.92 Å². The normalized spacial score (nSPS) is 16.4. The first-order chi connectivity index (χ1) is 13.4. The molecule has 1 aliphatic rings. The topological polar surface area (TPSA) is 91.4 Å². The Balaban J connectivity index is 1.68. The zero-order valence-corrected chi connectivity index (χ0v) is 16.1. The Morgan fingerprint density at radius 1 is 1.07 bits per heavy atom. The van der Waals surface area contributed by atoms with Gasteiger partial charge in [-0.15, -0.1) is 0 Å². The predicted molar refractivity (Wildman–Crippen MR) is 107 cm³/mol. The van der Waals surface area contributed by atoms with E-state index < -0.39 is 0 Å². The number of likely N-dealkylation sites (tertiary alicyclic amines) is 1. The summed E-state index contributed by atoms with van der Waals surface area (Å²) in [6, 6.07) is 9.92. The average Bonchev–Trinajstić information content (AvgIpc) is 2.68. The molecule has 0 spiro atoms. The number of benzene rings is 1. The minimum absolute atomic E-state index is 0.138. The predicted octanol–water partition coefficient (Wildman–Crippen LogP) is 3.16. The average molecular weight is 380 g/mol. The Bertz CT molecular complexity index is 879. The molecule has 7 heteroatoms. The number of anilines is 2. The fourth-order valence-electron chi connectivity index (χ4n) is 3.27. The number of carbonyl (C=O) groups excluding carboxylic acids is 3. The molecule has 0 radical (unpaired) electrons. The van der Waals surface area contributed by atoms with E-state index in [1.54, 1.807) is 35.2 Å². The molecular weight excluding hydrogens is 356 g/mol. The first kappa shape index (κ1) is 19.5. The number of aromatic nitrogens is 1. The van der Waals surface area contributed by atoms with E-state index in [-0.39, 0.29) is 23.4 Å². The van der Waals surface area contributed by atoms with E-state index in [1.807, 2.05) is 0 Å². The number of amides is 3. The standard InChI is InChI=1S/C21H24N4O3/c1-14-4-3-11-25(13-14)21(28)19-12-16(9-10-22-19)20(27)24-18-7-5-17(6-8-18)23-15(2)26/h5-10,12,14H,3-4,11,13H2,1-2H3,(H,23,26)(H,24,27). The van der Waals surface area contributed by atoms with Crippen LogP contribution in [0.1, 0.15) is 47.5 Å². The molecule has 2 heterocycles. The molecule has 2 aromatic rings. The zero-order chi connectivity index (χ0) is 20.1. The van der Waals surface area contributed by atoms with Crippen LogP contribution in [0.4, 0.5) is 11.4 Å². The van der Waals surface area contributed by atoms with Crippen LogP contribution in [-0.2, 0) is 4.79 Å². The zero-order valence-electron chi connectivity index (χ0n) is 16.1. The number of carbonyl (C=O) groups is 3. The van der Waals surface area contributed by atoms with Crippen molar-refractivity contribution in [3.63, 3.8) is 0 Å². The van der Waals surface area contributed by atoms with Gasteiger partial charge in [0, 0.05) is 43.1 Å². The van der Waals surface area contributed by atoms with Gasteiger partial charge in [0.15, 0.2) is 0 Å². The maximum absolute atomic E-state index is 12.7. The van der Waals surface area contributed by atoms with E-state index in [0.717, 1.165) is 25.9 Å². The van der Waals surface area contributed by atoms with Crippen molar-refractivity contribution in [1.82, 2.24) is 9.88 Å². The summed E-state index contributed by atoms with van der Waals surface area (Å²) in [5.74, 6) is -0.143. The molecule has 28 heavy (non-hydrogen) atoms. The Hall–Kier alpha value is -3.22. The molecule has 1 aromatic heterocycles. The van der Waals surface area contributed by atoms with E-state index in [2.05, 4.69) is 22.5 Å². The molecule has 1 aromatic carbocycles. The molecule has 3 amide bonds. The van der Waals surface area contributed by atoms with Crippen molar-refractivity contribution in [2.45, 2.75) is 26.7 Å². The van der Waals surface area contributed by atoms with E-state index in [9.17, 15) is 14.4 Å². The number of nitrogens with one attached hydrogen (secondary N) is 2. The number of piperidine rings is 1. The highest BCUT2D eigenvalue weighted by Crippen LogP contribution is 2.18. The van der Waals surface area contributed by atoms with Gasteiger partial charge in [-0.2, -0.15) is 0 Å². The van der Waals surface area contributed by atoms with E-state index in [1.165, 1.54) is 19.2 Å². The maximum Gasteiger partial charge on any atom is 0.272 e. The Morgan fingerprint density at radius 3 is 2.39 bits per heavy atom. The van der Waals surface area contributed by atoms with Crippen molar-refractivity contribution < 1.29 is 14.4 Å². The van der Waals surface area contributed by atoms with Crippen LogP contribution in [0.2, 0.25) is 0 Å². The van der Waals surface area contributed by atoms with Gasteiger partial charge in [0.2, 0.25) is 5.91 Å². The number of hydrogen-bond acceptors (Lipinski definition) is 4. The van der Waals surface area contributed by atoms with Gasteiger partial charge in [-0.3, -0.25) is 19.4 Å². The molecule has 1 aliphatic heterocycles. The van der Waals surface area contributed by atoms with E-state index >= 15 is 0 Å². The van der Waals surface area contributed by atoms with Crippen molar-refractivity contribution in [1.29, 1.82) is 0 Å². The molecule has 3 rings (SSSR count). The molecule has 0 bridgehead atoms. The van der Waals surface area contributed by atoms with Gasteiger partial charge < -0.3 is 15.5 Å². The Morgan fingerprint density at radius 2 is 1.75 bits per heavy atom. The largest absolute Gasteiger partial charge is 0.337 e. The van der Waals surface area contributed by atoms with Crippen molar-refractivity contribution in [3.8, 4) is 0 Å². The molecule has 0 saturated carbocycles. The molecule has 1 unspecified atom stereocenters. The molecule has 1 fully saturated rings. The molecule has 2 N–H and O–H groups in total. The van der Waals surface area contributed by atoms with Crippen LogP contribution in [0, 0.1) is 5.92 Å². The van der Waals surface area contributed by atoms with Crippen LogP contribution < -0.4 is 10.6 Å². The van der Waals surface area contributed by atoms with E-state index in [4.69, 9.17) is 0 Å². The third kappa shape index (κ3) is 4.94. The van der Waals surface area contributed by atoms with Crippen LogP contribution in [-0.4, -0.2) is 40.7 Å². The van der Waals surface area contributed by atoms with Crippen LogP contribution in [0.3, 0.4) is 0 Å². The summed E-state index contributed by atoms with van der Waals surface area (Å²) in [5, 5.41) is 5.46. The third-order valence-electron chi connectivity index (χ3n) is 4.65. The van der Waals surface area contributed by atoms with Gasteiger partial charge >= 0.3 is 0 Å². The van der Waals surface area contributed by atoms with Crippen LogP contribution in [0.5, 0.6) is 0 Å². The van der Waals surface area contributed by atoms with Crippen LogP contribution in [0.15, 0.2) is 42.6 Å². The molecule has 0 aliphatic carbocycles. The van der Waals surface area contributed by atoms with Crippen LogP contribution >= 0.6 is 0 Å². The molecular formula is C21H24N4O3. The summed E-state index contributed by atoms with van der Waals surface area (Å²) in [5.41, 5.74) is 1.89. The van der Waals surface area contributed by atoms with Gasteiger partial charge in [-0.1, -0.05) is 6.92 Å². The van der Waals surface area contributed by atoms with Gasteiger partial charge in [-0.25, -0.2) is 0 Å². The second-order valence-corrected chi connectivity index (χ2v) is 7.14. The number of nitrogens with zero attached hydrogens (tertiary/aromatic N) is 2. The molecule has 1 saturated heterocycles. The quantitative estimate of drug-likeness (QED) is 0.852. The third-order valence-corrected chi connectivity index (χ3v) is 4.65. The summed E-state index contributed by atoms with van der Waals surface area (Å²) in [4.78, 5) is 42.3. The lowest BCUT2D eigenvalue weighted by Gasteiger charge is -2.30. The van der Waals surface area contributed by atoms with Crippen molar-refractivity contribution in [2.75, 3.05) is 23.7 Å². The monoisotopic (exact) mass is 380 g/mol. The first-order valence-electron chi connectivity index (χ1n) is 9.36. The summed E-state index contributed by atoms with van der Waals surface area (Å²) in [7, 11) is 0. The lowest BCUT2D eigenvalue weighted by atomic mass is 10.00.